The SMILES string of the molecule is CNC[C@H]1CNC(=O)CO1. The molecule has 0 bridgehead atoms. The Labute approximate surface area is 59.9 Å². The van der Waals surface area contributed by atoms with Gasteiger partial charge < -0.3 is 15.4 Å². The lowest BCUT2D eigenvalue weighted by atomic mass is 10.3. The first-order valence-corrected chi connectivity index (χ1v) is 3.36. The van der Waals surface area contributed by atoms with Crippen molar-refractivity contribution in [3.8, 4) is 0 Å². The second kappa shape index (κ2) is 3.53. The Kier molecular flexibility index (Phi) is 2.65. The molecule has 1 amide bonds. The van der Waals surface area contributed by atoms with Crippen LogP contribution in [0.2, 0.25) is 0 Å². The van der Waals surface area contributed by atoms with Gasteiger partial charge in [0.1, 0.15) is 6.61 Å². The van der Waals surface area contributed by atoms with E-state index in [1.54, 1.807) is 0 Å². The fraction of sp³-hybridized carbons (Fsp3) is 0.833. The van der Waals surface area contributed by atoms with E-state index in [-0.39, 0.29) is 18.6 Å². The lowest BCUT2D eigenvalue weighted by molar-refractivity contribution is -0.132. The van der Waals surface area contributed by atoms with Crippen LogP contribution in [0.3, 0.4) is 0 Å². The molecule has 0 spiro atoms. The minimum Gasteiger partial charge on any atom is -0.365 e. The molecule has 1 fully saturated rings. The standard InChI is InChI=1S/C6H12N2O2/c1-7-2-5-3-8-6(9)4-10-5/h5,7H,2-4H2,1H3,(H,8,9)/t5-/m0/s1. The number of rotatable bonds is 2. The summed E-state index contributed by atoms with van der Waals surface area (Å²) in [4.78, 5) is 10.6. The van der Waals surface area contributed by atoms with E-state index in [4.69, 9.17) is 4.74 Å². The van der Waals surface area contributed by atoms with Crippen LogP contribution < -0.4 is 10.6 Å². The van der Waals surface area contributed by atoms with E-state index < -0.39 is 0 Å². The molecule has 0 radical (unpaired) electrons. The summed E-state index contributed by atoms with van der Waals surface area (Å²) in [5.41, 5.74) is 0. The monoisotopic (exact) mass is 144 g/mol. The summed E-state index contributed by atoms with van der Waals surface area (Å²) in [5.74, 6) is -0.0210. The summed E-state index contributed by atoms with van der Waals surface area (Å²) in [6.45, 7) is 1.62. The molecule has 1 atom stereocenters. The van der Waals surface area contributed by atoms with Gasteiger partial charge in [0.05, 0.1) is 6.10 Å². The Morgan fingerprint density at radius 2 is 2.70 bits per heavy atom. The summed E-state index contributed by atoms with van der Waals surface area (Å²) in [6, 6.07) is 0. The summed E-state index contributed by atoms with van der Waals surface area (Å²) >= 11 is 0. The fourth-order valence-electron chi connectivity index (χ4n) is 0.890. The number of ether oxygens (including phenoxy) is 1. The molecule has 0 aromatic rings. The van der Waals surface area contributed by atoms with E-state index in [0.29, 0.717) is 6.54 Å². The number of morpholine rings is 1. The maximum Gasteiger partial charge on any atom is 0.246 e. The third-order valence-electron chi connectivity index (χ3n) is 1.41. The topological polar surface area (TPSA) is 50.4 Å². The van der Waals surface area contributed by atoms with Crippen molar-refractivity contribution in [3.05, 3.63) is 0 Å². The second-order valence-corrected chi connectivity index (χ2v) is 2.29. The first kappa shape index (κ1) is 7.50. The number of likely N-dealkylation sites (N-methyl/N-ethyl adjacent to an activating group) is 1. The summed E-state index contributed by atoms with van der Waals surface area (Å²) in [6.07, 6.45) is 0.141. The van der Waals surface area contributed by atoms with Crippen LogP contribution >= 0.6 is 0 Å². The predicted octanol–water partition coefficient (Wildman–Crippen LogP) is -1.28. The molecule has 2 N–H and O–H groups in total. The quantitative estimate of drug-likeness (QED) is 0.507. The molecule has 10 heavy (non-hydrogen) atoms. The third kappa shape index (κ3) is 1.97. The molecule has 4 nitrogen and oxygen atoms in total. The molecule has 4 heteroatoms. The lowest BCUT2D eigenvalue weighted by Gasteiger charge is -2.22. The van der Waals surface area contributed by atoms with Crippen LogP contribution in [0, 0.1) is 0 Å². The van der Waals surface area contributed by atoms with Gasteiger partial charge in [-0.2, -0.15) is 0 Å². The highest BCUT2D eigenvalue weighted by atomic mass is 16.5. The van der Waals surface area contributed by atoms with Crippen molar-refractivity contribution in [1.29, 1.82) is 0 Å². The Morgan fingerprint density at radius 3 is 3.20 bits per heavy atom. The first-order chi connectivity index (χ1) is 4.83. The zero-order valence-electron chi connectivity index (χ0n) is 6.02. The van der Waals surface area contributed by atoms with Gasteiger partial charge in [0, 0.05) is 13.1 Å². The molecule has 1 saturated heterocycles. The largest absolute Gasteiger partial charge is 0.365 e. The van der Waals surface area contributed by atoms with Crippen molar-refractivity contribution < 1.29 is 9.53 Å². The van der Waals surface area contributed by atoms with Gasteiger partial charge in [0.15, 0.2) is 0 Å². The van der Waals surface area contributed by atoms with Gasteiger partial charge in [-0.05, 0) is 7.05 Å². The molecule has 0 saturated carbocycles. The normalized spacial score (nSPS) is 26.1. The van der Waals surface area contributed by atoms with Crippen LogP contribution in [0.15, 0.2) is 0 Å². The highest BCUT2D eigenvalue weighted by Gasteiger charge is 2.16. The van der Waals surface area contributed by atoms with Crippen LogP contribution in [0.5, 0.6) is 0 Å². The van der Waals surface area contributed by atoms with Gasteiger partial charge >= 0.3 is 0 Å². The molecule has 0 aromatic heterocycles. The molecule has 1 aliphatic heterocycles. The van der Waals surface area contributed by atoms with Gasteiger partial charge in [-0.15, -0.1) is 0 Å². The van der Waals surface area contributed by atoms with Crippen LogP contribution in [0.25, 0.3) is 0 Å². The van der Waals surface area contributed by atoms with Gasteiger partial charge in [-0.3, -0.25) is 4.79 Å². The van der Waals surface area contributed by atoms with Crippen molar-refractivity contribution in [3.63, 3.8) is 0 Å². The number of carbonyl (C=O) groups is 1. The third-order valence-corrected chi connectivity index (χ3v) is 1.41. The number of nitrogens with one attached hydrogen (secondary N) is 2. The van der Waals surface area contributed by atoms with Gasteiger partial charge in [-0.25, -0.2) is 0 Å². The minimum absolute atomic E-state index is 0.0210. The van der Waals surface area contributed by atoms with Gasteiger partial charge in [0.25, 0.3) is 0 Å². The number of hydrogen-bond donors (Lipinski definition) is 2. The van der Waals surface area contributed by atoms with Crippen LogP contribution in [-0.2, 0) is 9.53 Å². The van der Waals surface area contributed by atoms with Crippen molar-refractivity contribution >= 4 is 5.91 Å². The second-order valence-electron chi connectivity index (χ2n) is 2.29. The number of carbonyl (C=O) groups excluding carboxylic acids is 1. The van der Waals surface area contributed by atoms with Crippen LogP contribution in [0.4, 0.5) is 0 Å². The van der Waals surface area contributed by atoms with Crippen molar-refractivity contribution in [2.75, 3.05) is 26.7 Å². The average molecular weight is 144 g/mol. The van der Waals surface area contributed by atoms with E-state index >= 15 is 0 Å². The zero-order valence-corrected chi connectivity index (χ0v) is 6.02. The van der Waals surface area contributed by atoms with Crippen molar-refractivity contribution in [2.45, 2.75) is 6.10 Å². The predicted molar refractivity (Wildman–Crippen MR) is 36.7 cm³/mol. The minimum atomic E-state index is -0.0210. The van der Waals surface area contributed by atoms with E-state index in [2.05, 4.69) is 10.6 Å². The number of amides is 1. The van der Waals surface area contributed by atoms with E-state index in [1.807, 2.05) is 7.05 Å². The van der Waals surface area contributed by atoms with Crippen molar-refractivity contribution in [2.24, 2.45) is 0 Å². The van der Waals surface area contributed by atoms with E-state index in [1.165, 1.54) is 0 Å². The molecule has 0 aromatic carbocycles. The Bertz CT molecular complexity index is 117. The van der Waals surface area contributed by atoms with E-state index in [9.17, 15) is 4.79 Å². The van der Waals surface area contributed by atoms with Gasteiger partial charge in [0.2, 0.25) is 5.91 Å². The van der Waals surface area contributed by atoms with E-state index in [0.717, 1.165) is 6.54 Å². The zero-order chi connectivity index (χ0) is 7.40. The lowest BCUT2D eigenvalue weighted by Crippen LogP contribution is -2.46. The molecule has 0 unspecified atom stereocenters. The van der Waals surface area contributed by atoms with Crippen LogP contribution in [0.1, 0.15) is 0 Å². The van der Waals surface area contributed by atoms with Crippen LogP contribution in [-0.4, -0.2) is 38.8 Å². The summed E-state index contributed by atoms with van der Waals surface area (Å²) in [7, 11) is 1.86. The smallest absolute Gasteiger partial charge is 0.246 e. The van der Waals surface area contributed by atoms with Gasteiger partial charge in [-0.1, -0.05) is 0 Å². The number of hydrogen-bond acceptors (Lipinski definition) is 3. The average Bonchev–Trinajstić information content (AvgIpc) is 1.95. The molecule has 58 valence electrons. The summed E-state index contributed by atoms with van der Waals surface area (Å²) in [5, 5.41) is 5.69. The molecule has 1 heterocycles. The highest BCUT2D eigenvalue weighted by molar-refractivity contribution is 5.77. The Morgan fingerprint density at radius 1 is 1.90 bits per heavy atom. The van der Waals surface area contributed by atoms with Crippen molar-refractivity contribution in [1.82, 2.24) is 10.6 Å². The molecule has 1 aliphatic rings. The highest BCUT2D eigenvalue weighted by Crippen LogP contribution is 1.93. The molecular formula is C6H12N2O2. The molecular weight excluding hydrogens is 132 g/mol. The molecule has 1 rings (SSSR count). The Hall–Kier alpha value is -0.610. The Balaban J connectivity index is 2.19. The maximum atomic E-state index is 10.6. The fourth-order valence-corrected chi connectivity index (χ4v) is 0.890. The maximum absolute atomic E-state index is 10.6. The molecule has 0 aliphatic carbocycles. The first-order valence-electron chi connectivity index (χ1n) is 3.36. The summed E-state index contributed by atoms with van der Waals surface area (Å²) < 4.78 is 5.16.